The lowest BCUT2D eigenvalue weighted by atomic mass is 10.0. The van der Waals surface area contributed by atoms with Crippen molar-refractivity contribution in [2.75, 3.05) is 0 Å². The van der Waals surface area contributed by atoms with Crippen LogP contribution in [0.2, 0.25) is 5.02 Å². The Morgan fingerprint density at radius 1 is 1.62 bits per heavy atom. The van der Waals surface area contributed by atoms with Crippen LogP contribution >= 0.6 is 27.5 Å². The van der Waals surface area contributed by atoms with E-state index < -0.39 is 5.82 Å². The van der Waals surface area contributed by atoms with Crippen LogP contribution in [0.5, 0.6) is 0 Å². The number of ketones is 1. The van der Waals surface area contributed by atoms with Gasteiger partial charge in [0.2, 0.25) is 0 Å². The van der Waals surface area contributed by atoms with E-state index >= 15 is 0 Å². The van der Waals surface area contributed by atoms with Crippen molar-refractivity contribution in [1.82, 2.24) is 0 Å². The third-order valence-electron chi connectivity index (χ3n) is 2.31. The van der Waals surface area contributed by atoms with E-state index in [0.29, 0.717) is 10.9 Å². The third kappa shape index (κ3) is 3.03. The van der Waals surface area contributed by atoms with E-state index in [4.69, 9.17) is 17.3 Å². The maximum atomic E-state index is 13.6. The van der Waals surface area contributed by atoms with Crippen LogP contribution in [0.4, 0.5) is 4.39 Å². The Balaban J connectivity index is 2.97. The Bertz CT molecular complexity index is 411. The molecule has 1 aromatic carbocycles. The molecule has 0 amide bonds. The first-order valence-corrected chi connectivity index (χ1v) is 6.06. The summed E-state index contributed by atoms with van der Waals surface area (Å²) in [6.45, 7) is 1.88. The third-order valence-corrected chi connectivity index (χ3v) is 3.57. The van der Waals surface area contributed by atoms with Crippen molar-refractivity contribution in [3.05, 3.63) is 33.0 Å². The average molecular weight is 309 g/mol. The second kappa shape index (κ2) is 5.75. The monoisotopic (exact) mass is 307 g/mol. The van der Waals surface area contributed by atoms with E-state index in [2.05, 4.69) is 15.9 Å². The normalized spacial score (nSPS) is 12.6. The molecule has 0 fully saturated rings. The van der Waals surface area contributed by atoms with Gasteiger partial charge in [0.1, 0.15) is 0 Å². The van der Waals surface area contributed by atoms with Gasteiger partial charge in [-0.15, -0.1) is 0 Å². The summed E-state index contributed by atoms with van der Waals surface area (Å²) in [5.41, 5.74) is 5.64. The average Bonchev–Trinajstić information content (AvgIpc) is 2.25. The zero-order chi connectivity index (χ0) is 12.3. The molecule has 0 aliphatic heterocycles. The van der Waals surface area contributed by atoms with Crippen molar-refractivity contribution in [2.24, 2.45) is 5.73 Å². The maximum absolute atomic E-state index is 13.6. The number of hydrogen-bond acceptors (Lipinski definition) is 2. The molecule has 0 aromatic heterocycles. The van der Waals surface area contributed by atoms with Crippen molar-refractivity contribution in [3.8, 4) is 0 Å². The van der Waals surface area contributed by atoms with E-state index in [-0.39, 0.29) is 28.8 Å². The van der Waals surface area contributed by atoms with Gasteiger partial charge in [-0.1, -0.05) is 18.5 Å². The number of halogens is 3. The molecule has 0 bridgehead atoms. The molecule has 1 atom stereocenters. The fraction of sp³-hybridized carbons (Fsp3) is 0.364. The van der Waals surface area contributed by atoms with E-state index in [1.54, 1.807) is 6.07 Å². The molecule has 88 valence electrons. The topological polar surface area (TPSA) is 43.1 Å². The molecule has 16 heavy (non-hydrogen) atoms. The van der Waals surface area contributed by atoms with Crippen LogP contribution in [-0.4, -0.2) is 11.8 Å². The molecule has 0 aliphatic rings. The molecule has 5 heteroatoms. The molecule has 1 unspecified atom stereocenters. The molecular weight excluding hydrogens is 296 g/mol. The highest BCUT2D eigenvalue weighted by molar-refractivity contribution is 9.10. The van der Waals surface area contributed by atoms with Gasteiger partial charge in [0.25, 0.3) is 0 Å². The van der Waals surface area contributed by atoms with Crippen LogP contribution in [0.3, 0.4) is 0 Å². The lowest BCUT2D eigenvalue weighted by Gasteiger charge is -2.09. The Kier molecular flexibility index (Phi) is 4.89. The molecular formula is C11H12BrClFNO. The van der Waals surface area contributed by atoms with E-state index in [1.165, 1.54) is 6.07 Å². The van der Waals surface area contributed by atoms with Crippen LogP contribution in [0.25, 0.3) is 0 Å². The van der Waals surface area contributed by atoms with Crippen LogP contribution < -0.4 is 5.73 Å². The number of carbonyl (C=O) groups is 1. The molecule has 0 saturated heterocycles. The van der Waals surface area contributed by atoms with Crippen molar-refractivity contribution in [2.45, 2.75) is 25.8 Å². The fourth-order valence-electron chi connectivity index (χ4n) is 1.23. The molecule has 1 aromatic rings. The number of rotatable bonds is 4. The summed E-state index contributed by atoms with van der Waals surface area (Å²) in [5.74, 6) is -1.01. The van der Waals surface area contributed by atoms with Crippen molar-refractivity contribution >= 4 is 33.3 Å². The molecule has 0 radical (unpaired) electrons. The quantitative estimate of drug-likeness (QED) is 0.683. The van der Waals surface area contributed by atoms with Crippen molar-refractivity contribution in [1.29, 1.82) is 0 Å². The van der Waals surface area contributed by atoms with Gasteiger partial charge in [-0.2, -0.15) is 0 Å². The Morgan fingerprint density at radius 2 is 2.25 bits per heavy atom. The van der Waals surface area contributed by atoms with Crippen LogP contribution in [0, 0.1) is 5.82 Å². The first-order chi connectivity index (χ1) is 7.47. The minimum atomic E-state index is -0.690. The summed E-state index contributed by atoms with van der Waals surface area (Å²) in [5, 5.41) is -0.0732. The van der Waals surface area contributed by atoms with E-state index in [1.807, 2.05) is 6.92 Å². The van der Waals surface area contributed by atoms with Gasteiger partial charge >= 0.3 is 0 Å². The summed E-state index contributed by atoms with van der Waals surface area (Å²) < 4.78 is 14.1. The Hall–Kier alpha value is -0.450. The second-order valence-corrected chi connectivity index (χ2v) is 4.75. The number of hydrogen-bond donors (Lipinski definition) is 1. The molecule has 1 rings (SSSR count). The lowest BCUT2D eigenvalue weighted by Crippen LogP contribution is -2.23. The van der Waals surface area contributed by atoms with Gasteiger partial charge in [0, 0.05) is 16.9 Å². The zero-order valence-electron chi connectivity index (χ0n) is 8.77. The second-order valence-electron chi connectivity index (χ2n) is 3.52. The molecule has 2 N–H and O–H groups in total. The predicted molar refractivity (Wildman–Crippen MR) is 66.3 cm³/mol. The first kappa shape index (κ1) is 13.6. The van der Waals surface area contributed by atoms with Crippen LogP contribution in [0.1, 0.15) is 30.1 Å². The fourth-order valence-corrected chi connectivity index (χ4v) is 1.70. The van der Waals surface area contributed by atoms with E-state index in [9.17, 15) is 9.18 Å². The van der Waals surface area contributed by atoms with E-state index in [0.717, 1.165) is 0 Å². The molecule has 0 heterocycles. The molecule has 0 spiro atoms. The summed E-state index contributed by atoms with van der Waals surface area (Å²) in [4.78, 5) is 11.7. The maximum Gasteiger partial charge on any atom is 0.167 e. The van der Waals surface area contributed by atoms with Gasteiger partial charge in [0.05, 0.1) is 10.6 Å². The lowest BCUT2D eigenvalue weighted by molar-refractivity contribution is 0.0970. The molecule has 2 nitrogen and oxygen atoms in total. The van der Waals surface area contributed by atoms with Crippen molar-refractivity contribution in [3.63, 3.8) is 0 Å². The standard InChI is InChI=1S/C11H12BrClFNO/c1-2-6(15)5-9(16)7-3-4-8(12)10(13)11(7)14/h3-4,6H,2,5,15H2,1H3. The summed E-state index contributed by atoms with van der Waals surface area (Å²) in [6.07, 6.45) is 0.809. The number of carbonyl (C=O) groups excluding carboxylic acids is 1. The minimum absolute atomic E-state index is 0.00269. The summed E-state index contributed by atoms with van der Waals surface area (Å²) in [6, 6.07) is 2.72. The molecule has 0 aliphatic carbocycles. The smallest absolute Gasteiger partial charge is 0.167 e. The van der Waals surface area contributed by atoms with Gasteiger partial charge in [-0.3, -0.25) is 4.79 Å². The highest BCUT2D eigenvalue weighted by Gasteiger charge is 2.17. The van der Waals surface area contributed by atoms with Crippen LogP contribution in [-0.2, 0) is 0 Å². The SMILES string of the molecule is CCC(N)CC(=O)c1ccc(Br)c(Cl)c1F. The first-order valence-electron chi connectivity index (χ1n) is 4.89. The van der Waals surface area contributed by atoms with Gasteiger partial charge in [-0.05, 0) is 34.5 Å². The van der Waals surface area contributed by atoms with Gasteiger partial charge < -0.3 is 5.73 Å². The number of benzene rings is 1. The number of Topliss-reactive ketones (excluding diaryl/α,β-unsaturated/α-hetero) is 1. The highest BCUT2D eigenvalue weighted by atomic mass is 79.9. The molecule has 0 saturated carbocycles. The highest BCUT2D eigenvalue weighted by Crippen LogP contribution is 2.28. The Labute approximate surface area is 107 Å². The predicted octanol–water partition coefficient (Wildman–Crippen LogP) is 3.55. The van der Waals surface area contributed by atoms with Crippen molar-refractivity contribution < 1.29 is 9.18 Å². The van der Waals surface area contributed by atoms with Gasteiger partial charge in [0.15, 0.2) is 11.6 Å². The largest absolute Gasteiger partial charge is 0.327 e. The van der Waals surface area contributed by atoms with Crippen LogP contribution in [0.15, 0.2) is 16.6 Å². The number of nitrogens with two attached hydrogens (primary N) is 1. The van der Waals surface area contributed by atoms with Gasteiger partial charge in [-0.25, -0.2) is 4.39 Å². The summed E-state index contributed by atoms with van der Waals surface area (Å²) >= 11 is 8.78. The summed E-state index contributed by atoms with van der Waals surface area (Å²) in [7, 11) is 0. The zero-order valence-corrected chi connectivity index (χ0v) is 11.1. The minimum Gasteiger partial charge on any atom is -0.327 e. The Morgan fingerprint density at radius 3 is 2.81 bits per heavy atom.